The van der Waals surface area contributed by atoms with Crippen molar-refractivity contribution in [2.75, 3.05) is 0 Å². The van der Waals surface area contributed by atoms with Crippen molar-refractivity contribution in [3.8, 4) is 0 Å². The largest absolute Gasteiger partial charge is 0.382 e. The van der Waals surface area contributed by atoms with E-state index in [9.17, 15) is 10.2 Å². The van der Waals surface area contributed by atoms with Crippen molar-refractivity contribution in [2.24, 2.45) is 11.8 Å². The molecule has 0 saturated heterocycles. The van der Waals surface area contributed by atoms with Crippen LogP contribution in [0.5, 0.6) is 0 Å². The molecule has 0 radical (unpaired) electrons. The number of hydrogen-bond donors (Lipinski definition) is 2. The SMILES string of the molecule is CCCCCCC1CC(C)=CC(O)(C2(O)C=C(C)CC(CCCCC)C2)C1. The average molecular weight is 377 g/mol. The number of aliphatic hydroxyl groups is 2. The molecule has 0 heterocycles. The van der Waals surface area contributed by atoms with Crippen molar-refractivity contribution in [2.45, 2.75) is 122 Å². The minimum Gasteiger partial charge on any atom is -0.382 e. The average Bonchev–Trinajstić information content (AvgIpc) is 2.57. The zero-order valence-corrected chi connectivity index (χ0v) is 18.4. The maximum atomic E-state index is 11.6. The van der Waals surface area contributed by atoms with Gasteiger partial charge in [0.25, 0.3) is 0 Å². The molecule has 0 bridgehead atoms. The van der Waals surface area contributed by atoms with Crippen molar-refractivity contribution >= 4 is 0 Å². The predicted molar refractivity (Wildman–Crippen MR) is 116 cm³/mol. The topological polar surface area (TPSA) is 40.5 Å². The van der Waals surface area contributed by atoms with Gasteiger partial charge in [-0.1, -0.05) is 94.9 Å². The van der Waals surface area contributed by atoms with E-state index in [2.05, 4.69) is 27.7 Å². The van der Waals surface area contributed by atoms with Crippen LogP contribution in [0, 0.1) is 11.8 Å². The third-order valence-electron chi connectivity index (χ3n) is 6.82. The van der Waals surface area contributed by atoms with Crippen molar-refractivity contribution in [1.82, 2.24) is 0 Å². The van der Waals surface area contributed by atoms with Crippen LogP contribution < -0.4 is 0 Å². The molecule has 2 N–H and O–H groups in total. The van der Waals surface area contributed by atoms with Crippen molar-refractivity contribution in [3.63, 3.8) is 0 Å². The number of allylic oxidation sites excluding steroid dienone is 2. The fourth-order valence-electron chi connectivity index (χ4n) is 5.54. The molecule has 0 aromatic carbocycles. The van der Waals surface area contributed by atoms with E-state index < -0.39 is 11.2 Å². The zero-order chi connectivity index (χ0) is 19.9. The normalized spacial score (nSPS) is 34.3. The van der Waals surface area contributed by atoms with Crippen molar-refractivity contribution in [1.29, 1.82) is 0 Å². The summed E-state index contributed by atoms with van der Waals surface area (Å²) in [5.41, 5.74) is 0.289. The van der Waals surface area contributed by atoms with E-state index in [4.69, 9.17) is 0 Å². The molecule has 0 fully saturated rings. The fraction of sp³-hybridized carbons (Fsp3) is 0.840. The van der Waals surface area contributed by atoms with Gasteiger partial charge in [-0.05, 0) is 51.4 Å². The van der Waals surface area contributed by atoms with Gasteiger partial charge in [-0.3, -0.25) is 0 Å². The molecule has 2 aliphatic rings. The monoisotopic (exact) mass is 376 g/mol. The molecule has 156 valence electrons. The molecule has 0 amide bonds. The first kappa shape index (κ1) is 22.7. The highest BCUT2D eigenvalue weighted by Gasteiger charge is 2.51. The summed E-state index contributed by atoms with van der Waals surface area (Å²) in [7, 11) is 0. The van der Waals surface area contributed by atoms with Crippen LogP contribution in [0.25, 0.3) is 0 Å². The molecular formula is C25H44O2. The van der Waals surface area contributed by atoms with Crippen LogP contribution in [0.4, 0.5) is 0 Å². The van der Waals surface area contributed by atoms with Crippen LogP contribution in [-0.4, -0.2) is 21.4 Å². The van der Waals surface area contributed by atoms with E-state index in [-0.39, 0.29) is 0 Å². The Morgan fingerprint density at radius 3 is 1.59 bits per heavy atom. The lowest BCUT2D eigenvalue weighted by Gasteiger charge is -2.48. The van der Waals surface area contributed by atoms with Crippen LogP contribution in [0.3, 0.4) is 0 Å². The van der Waals surface area contributed by atoms with E-state index in [0.717, 1.165) is 12.8 Å². The minimum atomic E-state index is -1.10. The van der Waals surface area contributed by atoms with E-state index in [1.807, 2.05) is 12.2 Å². The van der Waals surface area contributed by atoms with Gasteiger partial charge in [-0.2, -0.15) is 0 Å². The summed E-state index contributed by atoms with van der Waals surface area (Å²) >= 11 is 0. The lowest BCUT2D eigenvalue weighted by Crippen LogP contribution is -2.56. The van der Waals surface area contributed by atoms with Crippen LogP contribution in [0.2, 0.25) is 0 Å². The lowest BCUT2D eigenvalue weighted by molar-refractivity contribution is -0.123. The van der Waals surface area contributed by atoms with Gasteiger partial charge in [0.2, 0.25) is 0 Å². The molecular weight excluding hydrogens is 332 g/mol. The van der Waals surface area contributed by atoms with Crippen LogP contribution in [0.15, 0.2) is 23.3 Å². The van der Waals surface area contributed by atoms with Gasteiger partial charge in [0, 0.05) is 0 Å². The molecule has 0 spiro atoms. The molecule has 4 unspecified atom stereocenters. The molecule has 27 heavy (non-hydrogen) atoms. The Balaban J connectivity index is 2.09. The molecule has 2 aliphatic carbocycles. The molecule has 0 aromatic rings. The standard InChI is InChI=1S/C25H44O2/c1-5-7-9-11-13-23-15-21(4)17-25(27,19-23)24(26)16-20(3)14-22(18-24)12-10-8-6-2/h16-17,22-23,26-27H,5-15,18-19H2,1-4H3. The summed E-state index contributed by atoms with van der Waals surface area (Å²) in [5, 5.41) is 23.3. The molecule has 0 aliphatic heterocycles. The second-order valence-electron chi connectivity index (χ2n) is 9.72. The van der Waals surface area contributed by atoms with Gasteiger partial charge < -0.3 is 10.2 Å². The van der Waals surface area contributed by atoms with Crippen LogP contribution in [-0.2, 0) is 0 Å². The predicted octanol–water partition coefficient (Wildman–Crippen LogP) is 6.71. The summed E-state index contributed by atoms with van der Waals surface area (Å²) < 4.78 is 0. The Morgan fingerprint density at radius 1 is 0.741 bits per heavy atom. The zero-order valence-electron chi connectivity index (χ0n) is 18.4. The summed E-state index contributed by atoms with van der Waals surface area (Å²) in [6.07, 6.45) is 18.7. The summed E-state index contributed by atoms with van der Waals surface area (Å²) in [4.78, 5) is 0. The maximum absolute atomic E-state index is 11.6. The molecule has 2 rings (SSSR count). The molecule has 2 heteroatoms. The van der Waals surface area contributed by atoms with Crippen molar-refractivity contribution < 1.29 is 10.2 Å². The minimum absolute atomic E-state index is 0.495. The van der Waals surface area contributed by atoms with Gasteiger partial charge in [-0.15, -0.1) is 0 Å². The first-order valence-corrected chi connectivity index (χ1v) is 11.6. The Hall–Kier alpha value is -0.600. The number of unbranched alkanes of at least 4 members (excludes halogenated alkanes) is 5. The van der Waals surface area contributed by atoms with Crippen LogP contribution in [0.1, 0.15) is 111 Å². The van der Waals surface area contributed by atoms with E-state index in [1.165, 1.54) is 68.9 Å². The maximum Gasteiger partial charge on any atom is 0.115 e. The Bertz CT molecular complexity index is 520. The Kier molecular flexibility index (Phi) is 8.62. The van der Waals surface area contributed by atoms with E-state index in [1.54, 1.807) is 0 Å². The van der Waals surface area contributed by atoms with E-state index in [0.29, 0.717) is 24.7 Å². The quantitative estimate of drug-likeness (QED) is 0.328. The molecule has 2 nitrogen and oxygen atoms in total. The second kappa shape index (κ2) is 10.3. The molecule has 0 aromatic heterocycles. The lowest BCUT2D eigenvalue weighted by atomic mass is 9.64. The summed E-state index contributed by atoms with van der Waals surface area (Å²) in [6, 6.07) is 0. The fourth-order valence-corrected chi connectivity index (χ4v) is 5.54. The third-order valence-corrected chi connectivity index (χ3v) is 6.82. The number of hydrogen-bond acceptors (Lipinski definition) is 2. The van der Waals surface area contributed by atoms with E-state index >= 15 is 0 Å². The van der Waals surface area contributed by atoms with Crippen LogP contribution >= 0.6 is 0 Å². The van der Waals surface area contributed by atoms with Gasteiger partial charge in [0.05, 0.1) is 0 Å². The number of rotatable bonds is 10. The molecule has 0 saturated carbocycles. The summed E-state index contributed by atoms with van der Waals surface area (Å²) in [6.45, 7) is 8.74. The third kappa shape index (κ3) is 6.19. The second-order valence-corrected chi connectivity index (χ2v) is 9.72. The van der Waals surface area contributed by atoms with Gasteiger partial charge in [-0.25, -0.2) is 0 Å². The van der Waals surface area contributed by atoms with Gasteiger partial charge in [0.1, 0.15) is 11.2 Å². The highest BCUT2D eigenvalue weighted by Crippen LogP contribution is 2.47. The van der Waals surface area contributed by atoms with Crippen molar-refractivity contribution in [3.05, 3.63) is 23.3 Å². The first-order valence-electron chi connectivity index (χ1n) is 11.6. The van der Waals surface area contributed by atoms with Gasteiger partial charge >= 0.3 is 0 Å². The first-order chi connectivity index (χ1) is 12.8. The smallest absolute Gasteiger partial charge is 0.115 e. The highest BCUT2D eigenvalue weighted by molar-refractivity contribution is 5.29. The molecule has 4 atom stereocenters. The summed E-state index contributed by atoms with van der Waals surface area (Å²) in [5.74, 6) is 0.990. The highest BCUT2D eigenvalue weighted by atomic mass is 16.4. The Labute approximate surface area is 168 Å². The Morgan fingerprint density at radius 2 is 1.15 bits per heavy atom. The van der Waals surface area contributed by atoms with Gasteiger partial charge in [0.15, 0.2) is 0 Å².